The van der Waals surface area contributed by atoms with Gasteiger partial charge < -0.3 is 10.5 Å². The van der Waals surface area contributed by atoms with Crippen LogP contribution < -0.4 is 10.5 Å². The number of hydrogen-bond acceptors (Lipinski definition) is 5. The van der Waals surface area contributed by atoms with Gasteiger partial charge in [-0.1, -0.05) is 19.3 Å². The van der Waals surface area contributed by atoms with Crippen LogP contribution in [-0.4, -0.2) is 34.1 Å². The fourth-order valence-electron chi connectivity index (χ4n) is 3.28. The molecule has 0 amide bonds. The number of sulfonamides is 1. The number of nitrogens with two attached hydrogens (primary N) is 1. The first-order valence-electron chi connectivity index (χ1n) is 8.30. The van der Waals surface area contributed by atoms with E-state index in [-0.39, 0.29) is 23.4 Å². The number of ether oxygens (including phenoxy) is 1. The molecule has 1 saturated carbocycles. The maximum absolute atomic E-state index is 12.7. The summed E-state index contributed by atoms with van der Waals surface area (Å²) in [6.07, 6.45) is 5.45. The smallest absolute Gasteiger partial charge is 0.338 e. The first-order valence-corrected chi connectivity index (χ1v) is 9.78. The Morgan fingerprint density at radius 3 is 2.54 bits per heavy atom. The predicted molar refractivity (Wildman–Crippen MR) is 92.3 cm³/mol. The van der Waals surface area contributed by atoms with Crippen molar-refractivity contribution >= 4 is 16.0 Å². The largest absolute Gasteiger partial charge is 0.465 e. The van der Waals surface area contributed by atoms with Crippen molar-refractivity contribution in [2.24, 2.45) is 11.7 Å². The van der Waals surface area contributed by atoms with Crippen LogP contribution >= 0.6 is 0 Å². The second kappa shape index (κ2) is 8.09. The Bertz CT molecular complexity index is 682. The van der Waals surface area contributed by atoms with E-state index >= 15 is 0 Å². The molecule has 0 aromatic heterocycles. The molecule has 1 fully saturated rings. The topological polar surface area (TPSA) is 98.5 Å². The van der Waals surface area contributed by atoms with Crippen LogP contribution in [0.4, 0.5) is 0 Å². The first-order chi connectivity index (χ1) is 11.4. The predicted octanol–water partition coefficient (Wildman–Crippen LogP) is 1.97. The van der Waals surface area contributed by atoms with Crippen LogP contribution in [0.1, 0.15) is 48.0 Å². The maximum Gasteiger partial charge on any atom is 0.338 e. The molecule has 6 nitrogen and oxygen atoms in total. The van der Waals surface area contributed by atoms with E-state index in [2.05, 4.69) is 9.46 Å². The third-order valence-electron chi connectivity index (χ3n) is 4.69. The molecule has 3 N–H and O–H groups in total. The highest BCUT2D eigenvalue weighted by Crippen LogP contribution is 2.27. The third-order valence-corrected chi connectivity index (χ3v) is 6.18. The van der Waals surface area contributed by atoms with E-state index in [1.165, 1.54) is 31.7 Å². The molecular formula is C17H26N2O4S. The summed E-state index contributed by atoms with van der Waals surface area (Å²) < 4.78 is 32.8. The zero-order chi connectivity index (χ0) is 17.7. The van der Waals surface area contributed by atoms with E-state index in [0.717, 1.165) is 25.7 Å². The van der Waals surface area contributed by atoms with Gasteiger partial charge in [0.25, 0.3) is 0 Å². The van der Waals surface area contributed by atoms with Gasteiger partial charge in [-0.05, 0) is 49.4 Å². The number of methoxy groups -OCH3 is 1. The second-order valence-electron chi connectivity index (χ2n) is 6.33. The van der Waals surface area contributed by atoms with Gasteiger partial charge >= 0.3 is 5.97 Å². The highest BCUT2D eigenvalue weighted by Gasteiger charge is 2.27. The van der Waals surface area contributed by atoms with Crippen molar-refractivity contribution in [3.05, 3.63) is 29.3 Å². The maximum atomic E-state index is 12.7. The number of nitrogens with one attached hydrogen (secondary N) is 1. The number of aryl methyl sites for hydroxylation is 1. The lowest BCUT2D eigenvalue weighted by Crippen LogP contribution is -2.45. The molecule has 7 heteroatoms. The van der Waals surface area contributed by atoms with Crippen LogP contribution in [0.15, 0.2) is 23.1 Å². The standard InChI is InChI=1S/C17H26N2O4S/c1-12-10-14(8-9-15(12)17(20)23-2)24(21,22)19-16(11-18)13-6-4-3-5-7-13/h8-10,13,16,19H,3-7,11,18H2,1-2H3. The Morgan fingerprint density at radius 2 is 2.00 bits per heavy atom. The average molecular weight is 354 g/mol. The zero-order valence-electron chi connectivity index (χ0n) is 14.2. The monoisotopic (exact) mass is 354 g/mol. The Morgan fingerprint density at radius 1 is 1.33 bits per heavy atom. The first kappa shape index (κ1) is 18.9. The van der Waals surface area contributed by atoms with Crippen LogP contribution in [0.2, 0.25) is 0 Å². The van der Waals surface area contributed by atoms with Crippen molar-refractivity contribution in [3.63, 3.8) is 0 Å². The number of carbonyl (C=O) groups excluding carboxylic acids is 1. The highest BCUT2D eigenvalue weighted by molar-refractivity contribution is 7.89. The molecule has 0 bridgehead atoms. The lowest BCUT2D eigenvalue weighted by Gasteiger charge is -2.29. The lowest BCUT2D eigenvalue weighted by atomic mass is 9.84. The molecule has 1 aromatic rings. The van der Waals surface area contributed by atoms with Gasteiger partial charge in [0.1, 0.15) is 0 Å². The molecule has 24 heavy (non-hydrogen) atoms. The molecular weight excluding hydrogens is 328 g/mol. The minimum absolute atomic E-state index is 0.141. The molecule has 0 spiro atoms. The molecule has 0 radical (unpaired) electrons. The number of rotatable bonds is 6. The summed E-state index contributed by atoms with van der Waals surface area (Å²) in [6.45, 7) is 1.97. The zero-order valence-corrected chi connectivity index (χ0v) is 15.1. The number of esters is 1. The Labute approximate surface area is 143 Å². The Hall–Kier alpha value is -1.44. The fraction of sp³-hybridized carbons (Fsp3) is 0.588. The summed E-state index contributed by atoms with van der Waals surface area (Å²) in [4.78, 5) is 11.8. The van der Waals surface area contributed by atoms with E-state index < -0.39 is 16.0 Å². The van der Waals surface area contributed by atoms with Gasteiger partial charge in [0.2, 0.25) is 10.0 Å². The molecule has 0 heterocycles. The minimum Gasteiger partial charge on any atom is -0.465 e. The van der Waals surface area contributed by atoms with Crippen LogP contribution in [0.5, 0.6) is 0 Å². The molecule has 0 saturated heterocycles. The van der Waals surface area contributed by atoms with E-state index in [4.69, 9.17) is 5.73 Å². The van der Waals surface area contributed by atoms with Gasteiger partial charge in [-0.25, -0.2) is 17.9 Å². The molecule has 134 valence electrons. The van der Waals surface area contributed by atoms with Crippen molar-refractivity contribution in [2.45, 2.75) is 50.0 Å². The van der Waals surface area contributed by atoms with Crippen LogP contribution in [-0.2, 0) is 14.8 Å². The number of carbonyl (C=O) groups is 1. The normalized spacial score (nSPS) is 17.5. The van der Waals surface area contributed by atoms with Crippen molar-refractivity contribution in [3.8, 4) is 0 Å². The van der Waals surface area contributed by atoms with Gasteiger partial charge in [0, 0.05) is 12.6 Å². The molecule has 1 unspecified atom stereocenters. The van der Waals surface area contributed by atoms with Crippen LogP contribution in [0.3, 0.4) is 0 Å². The molecule has 0 aliphatic heterocycles. The number of hydrogen-bond donors (Lipinski definition) is 2. The lowest BCUT2D eigenvalue weighted by molar-refractivity contribution is 0.0600. The average Bonchev–Trinajstić information content (AvgIpc) is 2.59. The number of benzene rings is 1. The van der Waals surface area contributed by atoms with E-state index in [0.29, 0.717) is 11.1 Å². The van der Waals surface area contributed by atoms with Gasteiger partial charge in [0.15, 0.2) is 0 Å². The molecule has 1 atom stereocenters. The van der Waals surface area contributed by atoms with Gasteiger partial charge in [0.05, 0.1) is 17.6 Å². The summed E-state index contributed by atoms with van der Waals surface area (Å²) >= 11 is 0. The summed E-state index contributed by atoms with van der Waals surface area (Å²) in [5.41, 5.74) is 6.73. The van der Waals surface area contributed by atoms with E-state index in [9.17, 15) is 13.2 Å². The van der Waals surface area contributed by atoms with Gasteiger partial charge in [-0.3, -0.25) is 0 Å². The van der Waals surface area contributed by atoms with E-state index in [1.807, 2.05) is 0 Å². The summed E-state index contributed by atoms with van der Waals surface area (Å²) in [5, 5.41) is 0. The minimum atomic E-state index is -3.67. The molecule has 1 aliphatic rings. The SMILES string of the molecule is COC(=O)c1ccc(S(=O)(=O)NC(CN)C2CCCCC2)cc1C. The third kappa shape index (κ3) is 4.34. The van der Waals surface area contributed by atoms with Crippen molar-refractivity contribution in [1.29, 1.82) is 0 Å². The van der Waals surface area contributed by atoms with Gasteiger partial charge in [-0.2, -0.15) is 0 Å². The Balaban J connectivity index is 2.19. The molecule has 1 aromatic carbocycles. The van der Waals surface area contributed by atoms with Crippen LogP contribution in [0, 0.1) is 12.8 Å². The summed E-state index contributed by atoms with van der Waals surface area (Å²) in [7, 11) is -2.38. The second-order valence-corrected chi connectivity index (χ2v) is 8.04. The van der Waals surface area contributed by atoms with Gasteiger partial charge in [-0.15, -0.1) is 0 Å². The van der Waals surface area contributed by atoms with E-state index in [1.54, 1.807) is 6.92 Å². The highest BCUT2D eigenvalue weighted by atomic mass is 32.2. The quantitative estimate of drug-likeness (QED) is 0.761. The fourth-order valence-corrected chi connectivity index (χ4v) is 4.69. The van der Waals surface area contributed by atoms with Crippen molar-refractivity contribution in [2.75, 3.05) is 13.7 Å². The Kier molecular flexibility index (Phi) is 6.37. The molecule has 2 rings (SSSR count). The summed E-state index contributed by atoms with van der Waals surface area (Å²) in [6, 6.07) is 4.14. The van der Waals surface area contributed by atoms with Crippen molar-refractivity contribution in [1.82, 2.24) is 4.72 Å². The van der Waals surface area contributed by atoms with Crippen molar-refractivity contribution < 1.29 is 17.9 Å². The summed E-state index contributed by atoms with van der Waals surface area (Å²) in [5.74, 6) is -0.194. The van der Waals surface area contributed by atoms with Crippen LogP contribution in [0.25, 0.3) is 0 Å². The molecule has 1 aliphatic carbocycles.